The Hall–Kier alpha value is -0.610. The molecule has 28 heavy (non-hydrogen) atoms. The second kappa shape index (κ2) is 7.27. The summed E-state index contributed by atoms with van der Waals surface area (Å²) >= 11 is 0. The van der Waals surface area contributed by atoms with E-state index in [1.54, 1.807) is 0 Å². The van der Waals surface area contributed by atoms with Gasteiger partial charge in [0, 0.05) is 6.42 Å². The molecular weight excluding hydrogens is 352 g/mol. The minimum atomic E-state index is -0.707. The number of aliphatic carboxylic acids is 1. The summed E-state index contributed by atoms with van der Waals surface area (Å²) in [7, 11) is 0. The van der Waals surface area contributed by atoms with Gasteiger partial charge in [-0.15, -0.1) is 0 Å². The van der Waals surface area contributed by atoms with E-state index in [0.717, 1.165) is 38.5 Å². The molecule has 4 fully saturated rings. The van der Waals surface area contributed by atoms with Crippen LogP contribution in [0.3, 0.4) is 0 Å². The summed E-state index contributed by atoms with van der Waals surface area (Å²) in [4.78, 5) is 11.1. The summed E-state index contributed by atoms with van der Waals surface area (Å²) in [5.41, 5.74) is 0.216. The molecule has 0 saturated heterocycles. The molecule has 160 valence electrons. The summed E-state index contributed by atoms with van der Waals surface area (Å²) in [6.07, 6.45) is 9.26. The van der Waals surface area contributed by atoms with Crippen molar-refractivity contribution >= 4 is 5.97 Å². The SMILES string of the molecule is C[C@H](CCC(=O)O)C1CC[C@@H]2[C@@H]3CC[C@H]4C[C@H](O)CC[C@]4(C)[C@@H]3C[C@H](O)[C@@]12C. The summed E-state index contributed by atoms with van der Waals surface area (Å²) in [6.45, 7) is 6.99. The third-order valence-electron chi connectivity index (χ3n) is 10.3. The van der Waals surface area contributed by atoms with Crippen LogP contribution in [0, 0.1) is 46.3 Å². The molecular formula is C24H40O4. The van der Waals surface area contributed by atoms with Crippen LogP contribution in [0.4, 0.5) is 0 Å². The molecule has 0 aromatic carbocycles. The molecule has 3 N–H and O–H groups in total. The number of fused-ring (bicyclic) bond motifs is 5. The largest absolute Gasteiger partial charge is 0.481 e. The summed E-state index contributed by atoms with van der Waals surface area (Å²) in [5, 5.41) is 30.8. The highest BCUT2D eigenvalue weighted by molar-refractivity contribution is 5.66. The van der Waals surface area contributed by atoms with Gasteiger partial charge in [0.1, 0.15) is 0 Å². The molecule has 0 aromatic heterocycles. The second-order valence-corrected chi connectivity index (χ2v) is 11.3. The molecule has 4 aliphatic carbocycles. The van der Waals surface area contributed by atoms with Gasteiger partial charge in [-0.3, -0.25) is 4.79 Å². The summed E-state index contributed by atoms with van der Waals surface area (Å²) in [6, 6.07) is 0. The second-order valence-electron chi connectivity index (χ2n) is 11.3. The fraction of sp³-hybridized carbons (Fsp3) is 0.958. The van der Waals surface area contributed by atoms with Gasteiger partial charge in [0.05, 0.1) is 12.2 Å². The van der Waals surface area contributed by atoms with E-state index in [1.807, 2.05) is 0 Å². The Bertz CT molecular complexity index is 605. The standard InChI is InChI=1S/C24H40O4/c1-14(4-9-22(27)28)18-7-8-19-17-6-5-15-12-16(25)10-11-23(15,2)20(17)13-21(26)24(18,19)3/h14-21,25-26H,4-13H2,1-3H3,(H,27,28)/t14-,15+,16-,17+,18?,19-,20-,21+,23+,24+/m1/s1. The van der Waals surface area contributed by atoms with E-state index in [9.17, 15) is 15.0 Å². The van der Waals surface area contributed by atoms with E-state index in [2.05, 4.69) is 20.8 Å². The summed E-state index contributed by atoms with van der Waals surface area (Å²) in [5.74, 6) is 2.55. The first-order chi connectivity index (χ1) is 13.2. The number of hydrogen-bond acceptors (Lipinski definition) is 3. The van der Waals surface area contributed by atoms with Crippen LogP contribution >= 0.6 is 0 Å². The van der Waals surface area contributed by atoms with E-state index in [4.69, 9.17) is 5.11 Å². The average Bonchev–Trinajstić information content (AvgIpc) is 3.00. The van der Waals surface area contributed by atoms with Crippen molar-refractivity contribution in [1.29, 1.82) is 0 Å². The van der Waals surface area contributed by atoms with Crippen LogP contribution in [0.15, 0.2) is 0 Å². The van der Waals surface area contributed by atoms with Gasteiger partial charge in [0.2, 0.25) is 0 Å². The molecule has 0 radical (unpaired) electrons. The molecule has 1 unspecified atom stereocenters. The Morgan fingerprint density at radius 3 is 2.50 bits per heavy atom. The first-order valence-corrected chi connectivity index (χ1v) is 11.8. The zero-order chi connectivity index (χ0) is 20.3. The first-order valence-electron chi connectivity index (χ1n) is 11.8. The highest BCUT2D eigenvalue weighted by Gasteiger charge is 2.63. The molecule has 4 saturated carbocycles. The van der Waals surface area contributed by atoms with Gasteiger partial charge in [0.15, 0.2) is 0 Å². The number of carboxylic acids is 1. The molecule has 0 spiro atoms. The lowest BCUT2D eigenvalue weighted by atomic mass is 9.43. The number of hydrogen-bond donors (Lipinski definition) is 3. The van der Waals surface area contributed by atoms with Crippen LogP contribution in [-0.2, 0) is 4.79 Å². The van der Waals surface area contributed by atoms with E-state index in [0.29, 0.717) is 35.5 Å². The van der Waals surface area contributed by atoms with Crippen molar-refractivity contribution < 1.29 is 20.1 Å². The smallest absolute Gasteiger partial charge is 0.303 e. The van der Waals surface area contributed by atoms with Crippen LogP contribution in [0.1, 0.15) is 85.0 Å². The predicted octanol–water partition coefficient (Wildman–Crippen LogP) is 4.48. The molecule has 4 aliphatic rings. The zero-order valence-corrected chi connectivity index (χ0v) is 17.9. The van der Waals surface area contributed by atoms with Gasteiger partial charge in [-0.2, -0.15) is 0 Å². The molecule has 10 atom stereocenters. The molecule has 0 aromatic rings. The quantitative estimate of drug-likeness (QED) is 0.659. The summed E-state index contributed by atoms with van der Waals surface area (Å²) < 4.78 is 0. The molecule has 4 rings (SSSR count). The van der Waals surface area contributed by atoms with Crippen LogP contribution in [0.25, 0.3) is 0 Å². The minimum absolute atomic E-state index is 0.0591. The van der Waals surface area contributed by atoms with Crippen LogP contribution in [0.5, 0.6) is 0 Å². The maximum absolute atomic E-state index is 11.5. The van der Waals surface area contributed by atoms with Gasteiger partial charge >= 0.3 is 5.97 Å². The Kier molecular flexibility index (Phi) is 5.36. The normalized spacial score (nSPS) is 51.7. The first kappa shape index (κ1) is 20.7. The fourth-order valence-corrected chi connectivity index (χ4v) is 8.71. The predicted molar refractivity (Wildman–Crippen MR) is 109 cm³/mol. The Morgan fingerprint density at radius 1 is 1.04 bits per heavy atom. The van der Waals surface area contributed by atoms with Gasteiger partial charge < -0.3 is 15.3 Å². The Morgan fingerprint density at radius 2 is 1.79 bits per heavy atom. The Balaban J connectivity index is 1.56. The third-order valence-corrected chi connectivity index (χ3v) is 10.3. The van der Waals surface area contributed by atoms with Crippen molar-refractivity contribution in [2.24, 2.45) is 46.3 Å². The lowest BCUT2D eigenvalue weighted by Crippen LogP contribution is -2.58. The maximum atomic E-state index is 11.5. The van der Waals surface area contributed by atoms with Crippen LogP contribution in [0.2, 0.25) is 0 Å². The lowest BCUT2D eigenvalue weighted by Gasteiger charge is -2.62. The third kappa shape index (κ3) is 3.05. The highest BCUT2D eigenvalue weighted by Crippen LogP contribution is 2.68. The van der Waals surface area contributed by atoms with Crippen molar-refractivity contribution in [2.45, 2.75) is 97.2 Å². The van der Waals surface area contributed by atoms with Gasteiger partial charge in [-0.25, -0.2) is 0 Å². The number of aliphatic hydroxyl groups excluding tert-OH is 2. The number of carbonyl (C=O) groups is 1. The maximum Gasteiger partial charge on any atom is 0.303 e. The van der Waals surface area contributed by atoms with Gasteiger partial charge in [-0.05, 0) is 104 Å². The van der Waals surface area contributed by atoms with E-state index in [-0.39, 0.29) is 29.5 Å². The lowest BCUT2D eigenvalue weighted by molar-refractivity contribution is -0.175. The number of carboxylic acid groups (broad SMARTS) is 1. The van der Waals surface area contributed by atoms with Gasteiger partial charge in [0.25, 0.3) is 0 Å². The monoisotopic (exact) mass is 392 g/mol. The minimum Gasteiger partial charge on any atom is -0.481 e. The topological polar surface area (TPSA) is 77.8 Å². The molecule has 0 heterocycles. The van der Waals surface area contributed by atoms with E-state index < -0.39 is 5.97 Å². The van der Waals surface area contributed by atoms with Gasteiger partial charge in [-0.1, -0.05) is 20.8 Å². The van der Waals surface area contributed by atoms with Crippen molar-refractivity contribution in [2.75, 3.05) is 0 Å². The van der Waals surface area contributed by atoms with E-state index >= 15 is 0 Å². The van der Waals surface area contributed by atoms with E-state index in [1.165, 1.54) is 19.3 Å². The molecule has 0 aliphatic heterocycles. The molecule has 0 bridgehead atoms. The van der Waals surface area contributed by atoms with Crippen molar-refractivity contribution in [3.63, 3.8) is 0 Å². The highest BCUT2D eigenvalue weighted by atomic mass is 16.4. The van der Waals surface area contributed by atoms with Crippen molar-refractivity contribution in [3.8, 4) is 0 Å². The zero-order valence-electron chi connectivity index (χ0n) is 17.9. The molecule has 0 amide bonds. The van der Waals surface area contributed by atoms with Crippen molar-refractivity contribution in [3.05, 3.63) is 0 Å². The number of aliphatic hydroxyl groups is 2. The Labute approximate surface area is 170 Å². The van der Waals surface area contributed by atoms with Crippen LogP contribution in [-0.4, -0.2) is 33.5 Å². The average molecular weight is 393 g/mol. The number of rotatable bonds is 4. The van der Waals surface area contributed by atoms with Crippen LogP contribution < -0.4 is 0 Å². The molecule has 4 nitrogen and oxygen atoms in total. The van der Waals surface area contributed by atoms with Crippen molar-refractivity contribution in [1.82, 2.24) is 0 Å². The molecule has 4 heteroatoms. The fourth-order valence-electron chi connectivity index (χ4n) is 8.71.